The highest BCUT2D eigenvalue weighted by atomic mass is 16.5. The first kappa shape index (κ1) is 16.2. The highest BCUT2D eigenvalue weighted by Crippen LogP contribution is 2.29. The van der Waals surface area contributed by atoms with E-state index in [1.54, 1.807) is 7.11 Å². The van der Waals surface area contributed by atoms with Crippen molar-refractivity contribution in [1.29, 1.82) is 0 Å². The molecule has 1 atom stereocenters. The molecule has 1 saturated heterocycles. The van der Waals surface area contributed by atoms with Crippen LogP contribution in [0.4, 0.5) is 0 Å². The highest BCUT2D eigenvalue weighted by Gasteiger charge is 2.18. The monoisotopic (exact) mass is 313 g/mol. The fourth-order valence-electron chi connectivity index (χ4n) is 3.55. The van der Waals surface area contributed by atoms with Crippen molar-refractivity contribution in [2.45, 2.75) is 45.8 Å². The SMILES string of the molecule is COCc1n[nH]c(C)c1-c1ccc([C@H](C)N2CCCCC2)cc1. The number of piperidine rings is 1. The van der Waals surface area contributed by atoms with Crippen molar-refractivity contribution < 1.29 is 4.74 Å². The van der Waals surface area contributed by atoms with Crippen molar-refractivity contribution in [3.63, 3.8) is 0 Å². The lowest BCUT2D eigenvalue weighted by Gasteiger charge is -2.32. The van der Waals surface area contributed by atoms with E-state index in [1.807, 2.05) is 0 Å². The summed E-state index contributed by atoms with van der Waals surface area (Å²) in [6.45, 7) is 7.36. The van der Waals surface area contributed by atoms with Crippen LogP contribution in [0.25, 0.3) is 11.1 Å². The van der Waals surface area contributed by atoms with Gasteiger partial charge < -0.3 is 4.74 Å². The summed E-state index contributed by atoms with van der Waals surface area (Å²) < 4.78 is 5.26. The van der Waals surface area contributed by atoms with E-state index in [9.17, 15) is 0 Å². The molecular formula is C19H27N3O. The van der Waals surface area contributed by atoms with Crippen molar-refractivity contribution >= 4 is 0 Å². The number of benzene rings is 1. The zero-order chi connectivity index (χ0) is 16.2. The van der Waals surface area contributed by atoms with Crippen molar-refractivity contribution in [2.75, 3.05) is 20.2 Å². The molecular weight excluding hydrogens is 286 g/mol. The molecule has 4 heteroatoms. The lowest BCUT2D eigenvalue weighted by Crippen LogP contribution is -2.32. The van der Waals surface area contributed by atoms with Crippen LogP contribution in [-0.2, 0) is 11.3 Å². The van der Waals surface area contributed by atoms with Crippen molar-refractivity contribution in [2.24, 2.45) is 0 Å². The van der Waals surface area contributed by atoms with Gasteiger partial charge in [-0.15, -0.1) is 0 Å². The Bertz CT molecular complexity index is 627. The van der Waals surface area contributed by atoms with Gasteiger partial charge in [-0.3, -0.25) is 10.00 Å². The largest absolute Gasteiger partial charge is 0.378 e. The number of ether oxygens (including phenoxy) is 1. The maximum absolute atomic E-state index is 5.26. The minimum Gasteiger partial charge on any atom is -0.378 e. The van der Waals surface area contributed by atoms with Crippen LogP contribution in [0.15, 0.2) is 24.3 Å². The summed E-state index contributed by atoms with van der Waals surface area (Å²) in [5, 5.41) is 7.43. The molecule has 1 aliphatic heterocycles. The number of likely N-dealkylation sites (tertiary alicyclic amines) is 1. The zero-order valence-electron chi connectivity index (χ0n) is 14.4. The van der Waals surface area contributed by atoms with E-state index in [0.29, 0.717) is 12.6 Å². The van der Waals surface area contributed by atoms with Crippen LogP contribution < -0.4 is 0 Å². The molecule has 4 nitrogen and oxygen atoms in total. The fraction of sp³-hybridized carbons (Fsp3) is 0.526. The molecule has 0 spiro atoms. The molecule has 0 saturated carbocycles. The molecule has 0 bridgehead atoms. The molecule has 0 radical (unpaired) electrons. The summed E-state index contributed by atoms with van der Waals surface area (Å²) >= 11 is 0. The summed E-state index contributed by atoms with van der Waals surface area (Å²) in [4.78, 5) is 2.60. The third kappa shape index (κ3) is 3.48. The van der Waals surface area contributed by atoms with Crippen molar-refractivity contribution in [3.8, 4) is 11.1 Å². The quantitative estimate of drug-likeness (QED) is 0.904. The van der Waals surface area contributed by atoms with Gasteiger partial charge in [0.2, 0.25) is 0 Å². The molecule has 1 fully saturated rings. The first-order valence-electron chi connectivity index (χ1n) is 8.58. The lowest BCUT2D eigenvalue weighted by molar-refractivity contribution is 0.175. The van der Waals surface area contributed by atoms with Gasteiger partial charge in [-0.2, -0.15) is 5.10 Å². The van der Waals surface area contributed by atoms with Gasteiger partial charge in [-0.25, -0.2) is 0 Å². The molecule has 2 aromatic rings. The molecule has 124 valence electrons. The number of aryl methyl sites for hydroxylation is 1. The molecule has 0 aliphatic carbocycles. The summed E-state index contributed by atoms with van der Waals surface area (Å²) in [6, 6.07) is 9.45. The number of aromatic amines is 1. The van der Waals surface area contributed by atoms with Gasteiger partial charge in [0, 0.05) is 24.4 Å². The number of nitrogens with one attached hydrogen (secondary N) is 1. The third-order valence-corrected chi connectivity index (χ3v) is 4.92. The summed E-state index contributed by atoms with van der Waals surface area (Å²) in [5.41, 5.74) is 5.84. The predicted molar refractivity (Wildman–Crippen MR) is 93.3 cm³/mol. The molecule has 1 aromatic carbocycles. The number of hydrogen-bond donors (Lipinski definition) is 1. The van der Waals surface area contributed by atoms with Crippen LogP contribution in [0.2, 0.25) is 0 Å². The van der Waals surface area contributed by atoms with Crippen molar-refractivity contribution in [3.05, 3.63) is 41.2 Å². The van der Waals surface area contributed by atoms with Gasteiger partial charge in [0.15, 0.2) is 0 Å². The van der Waals surface area contributed by atoms with E-state index in [0.717, 1.165) is 11.4 Å². The minimum absolute atomic E-state index is 0.494. The van der Waals surface area contributed by atoms with Gasteiger partial charge >= 0.3 is 0 Å². The molecule has 1 N–H and O–H groups in total. The number of rotatable bonds is 5. The Morgan fingerprint density at radius 1 is 1.17 bits per heavy atom. The molecule has 1 aromatic heterocycles. The number of H-pyrrole nitrogens is 1. The minimum atomic E-state index is 0.494. The fourth-order valence-corrected chi connectivity index (χ4v) is 3.55. The molecule has 0 unspecified atom stereocenters. The van der Waals surface area contributed by atoms with Crippen LogP contribution >= 0.6 is 0 Å². The molecule has 3 rings (SSSR count). The molecule has 23 heavy (non-hydrogen) atoms. The summed E-state index contributed by atoms with van der Waals surface area (Å²) in [5.74, 6) is 0. The zero-order valence-corrected chi connectivity index (χ0v) is 14.4. The normalized spacial score (nSPS) is 17.3. The lowest BCUT2D eigenvalue weighted by atomic mass is 9.98. The van der Waals surface area contributed by atoms with E-state index in [1.165, 1.54) is 49.0 Å². The van der Waals surface area contributed by atoms with Gasteiger partial charge in [0.05, 0.1) is 12.3 Å². The molecule has 0 amide bonds. The Labute approximate surface area is 138 Å². The first-order valence-corrected chi connectivity index (χ1v) is 8.58. The van der Waals surface area contributed by atoms with Gasteiger partial charge in [0.25, 0.3) is 0 Å². The average Bonchev–Trinajstić information content (AvgIpc) is 2.96. The third-order valence-electron chi connectivity index (χ3n) is 4.92. The molecule has 2 heterocycles. The maximum atomic E-state index is 5.26. The second-order valence-electron chi connectivity index (χ2n) is 6.50. The first-order chi connectivity index (χ1) is 11.2. The number of methoxy groups -OCH3 is 1. The van der Waals surface area contributed by atoms with Crippen LogP contribution in [0.3, 0.4) is 0 Å². The Morgan fingerprint density at radius 3 is 2.52 bits per heavy atom. The van der Waals surface area contributed by atoms with Crippen LogP contribution in [0.1, 0.15) is 49.2 Å². The highest BCUT2D eigenvalue weighted by molar-refractivity contribution is 5.68. The number of nitrogens with zero attached hydrogens (tertiary/aromatic N) is 2. The van der Waals surface area contributed by atoms with Crippen LogP contribution in [0.5, 0.6) is 0 Å². The average molecular weight is 313 g/mol. The van der Waals surface area contributed by atoms with Crippen LogP contribution in [0, 0.1) is 6.92 Å². The predicted octanol–water partition coefficient (Wildman–Crippen LogP) is 4.08. The maximum Gasteiger partial charge on any atom is 0.0960 e. The second kappa shape index (κ2) is 7.28. The van der Waals surface area contributed by atoms with Gasteiger partial charge in [-0.05, 0) is 50.9 Å². The van der Waals surface area contributed by atoms with Crippen LogP contribution in [-0.4, -0.2) is 35.3 Å². The topological polar surface area (TPSA) is 41.1 Å². The van der Waals surface area contributed by atoms with Gasteiger partial charge in [0.1, 0.15) is 0 Å². The van der Waals surface area contributed by atoms with Gasteiger partial charge in [-0.1, -0.05) is 30.7 Å². The molecule has 1 aliphatic rings. The Kier molecular flexibility index (Phi) is 5.13. The Balaban J connectivity index is 1.80. The number of hydrogen-bond acceptors (Lipinski definition) is 3. The van der Waals surface area contributed by atoms with E-state index >= 15 is 0 Å². The Morgan fingerprint density at radius 2 is 1.87 bits per heavy atom. The van der Waals surface area contributed by atoms with E-state index < -0.39 is 0 Å². The number of aromatic nitrogens is 2. The standard InChI is InChI=1S/C19H27N3O/c1-14-19(18(13-23-3)21-20-14)17-9-7-16(8-10-17)15(2)22-11-5-4-6-12-22/h7-10,15H,4-6,11-13H2,1-3H3,(H,20,21)/t15-/m0/s1. The Hall–Kier alpha value is -1.65. The smallest absolute Gasteiger partial charge is 0.0960 e. The van der Waals surface area contributed by atoms with E-state index in [4.69, 9.17) is 4.74 Å². The van der Waals surface area contributed by atoms with E-state index in [2.05, 4.69) is 53.2 Å². The summed E-state index contributed by atoms with van der Waals surface area (Å²) in [7, 11) is 1.71. The van der Waals surface area contributed by atoms with E-state index in [-0.39, 0.29) is 0 Å². The summed E-state index contributed by atoms with van der Waals surface area (Å²) in [6.07, 6.45) is 4.04. The van der Waals surface area contributed by atoms with Crippen molar-refractivity contribution in [1.82, 2.24) is 15.1 Å². The second-order valence-corrected chi connectivity index (χ2v) is 6.50.